The molecule has 1 aliphatic carbocycles. The molecule has 22 heavy (non-hydrogen) atoms. The summed E-state index contributed by atoms with van der Waals surface area (Å²) in [4.78, 5) is 12.0. The number of halogens is 1. The average molecular weight is 305 g/mol. The lowest BCUT2D eigenvalue weighted by atomic mass is 9.78. The Morgan fingerprint density at radius 2 is 2.14 bits per heavy atom. The van der Waals surface area contributed by atoms with Gasteiger partial charge < -0.3 is 10.1 Å². The van der Waals surface area contributed by atoms with Crippen LogP contribution in [0.4, 0.5) is 4.39 Å². The van der Waals surface area contributed by atoms with Crippen LogP contribution in [0.1, 0.15) is 38.7 Å². The summed E-state index contributed by atoms with van der Waals surface area (Å²) in [6.45, 7) is 4.43. The van der Waals surface area contributed by atoms with Crippen molar-refractivity contribution >= 4 is 12.0 Å². The van der Waals surface area contributed by atoms with E-state index in [9.17, 15) is 9.18 Å². The molecule has 3 unspecified atom stereocenters. The van der Waals surface area contributed by atoms with Gasteiger partial charge in [0.05, 0.1) is 7.11 Å². The monoisotopic (exact) mass is 305 g/mol. The average Bonchev–Trinajstić information content (AvgIpc) is 2.50. The van der Waals surface area contributed by atoms with Crippen LogP contribution in [-0.2, 0) is 4.79 Å². The van der Waals surface area contributed by atoms with Crippen molar-refractivity contribution in [2.24, 2.45) is 11.8 Å². The number of hydrogen-bond acceptors (Lipinski definition) is 2. The molecule has 0 aromatic heterocycles. The minimum atomic E-state index is -0.431. The van der Waals surface area contributed by atoms with Crippen LogP contribution in [0.15, 0.2) is 24.3 Å². The van der Waals surface area contributed by atoms with E-state index < -0.39 is 5.82 Å². The lowest BCUT2D eigenvalue weighted by molar-refractivity contribution is -0.117. The third-order valence-electron chi connectivity index (χ3n) is 4.64. The maximum atomic E-state index is 13.6. The van der Waals surface area contributed by atoms with Gasteiger partial charge in [0.25, 0.3) is 0 Å². The Hall–Kier alpha value is -1.84. The summed E-state index contributed by atoms with van der Waals surface area (Å²) >= 11 is 0. The number of carbonyl (C=O) groups excluding carboxylic acids is 1. The third-order valence-corrected chi connectivity index (χ3v) is 4.64. The molecule has 1 aromatic rings. The van der Waals surface area contributed by atoms with Crippen LogP contribution in [0.5, 0.6) is 5.75 Å². The number of benzene rings is 1. The van der Waals surface area contributed by atoms with Gasteiger partial charge in [0.1, 0.15) is 0 Å². The van der Waals surface area contributed by atoms with Crippen molar-refractivity contribution in [3.63, 3.8) is 0 Å². The molecule has 1 N–H and O–H groups in total. The van der Waals surface area contributed by atoms with Gasteiger partial charge in [-0.05, 0) is 42.0 Å². The fourth-order valence-electron chi connectivity index (χ4n) is 2.97. The van der Waals surface area contributed by atoms with Crippen molar-refractivity contribution < 1.29 is 13.9 Å². The van der Waals surface area contributed by atoms with Crippen molar-refractivity contribution in [1.29, 1.82) is 0 Å². The van der Waals surface area contributed by atoms with Gasteiger partial charge in [-0.3, -0.25) is 4.79 Å². The molecule has 120 valence electrons. The highest BCUT2D eigenvalue weighted by molar-refractivity contribution is 5.91. The van der Waals surface area contributed by atoms with Gasteiger partial charge in [0.2, 0.25) is 5.91 Å². The number of methoxy groups -OCH3 is 1. The van der Waals surface area contributed by atoms with Crippen LogP contribution in [0.3, 0.4) is 0 Å². The van der Waals surface area contributed by atoms with Gasteiger partial charge in [-0.25, -0.2) is 4.39 Å². The third kappa shape index (κ3) is 4.09. The minimum Gasteiger partial charge on any atom is -0.494 e. The Bertz CT molecular complexity index is 556. The Morgan fingerprint density at radius 1 is 1.36 bits per heavy atom. The largest absolute Gasteiger partial charge is 0.494 e. The number of rotatable bonds is 4. The highest BCUT2D eigenvalue weighted by Crippen LogP contribution is 2.29. The van der Waals surface area contributed by atoms with E-state index in [1.165, 1.54) is 25.7 Å². The van der Waals surface area contributed by atoms with E-state index in [2.05, 4.69) is 19.2 Å². The first-order chi connectivity index (χ1) is 10.5. The van der Waals surface area contributed by atoms with E-state index in [1.54, 1.807) is 18.2 Å². The molecule has 2 rings (SSSR count). The van der Waals surface area contributed by atoms with Gasteiger partial charge in [0, 0.05) is 12.1 Å². The lowest BCUT2D eigenvalue weighted by Crippen LogP contribution is -2.43. The van der Waals surface area contributed by atoms with Gasteiger partial charge in [-0.15, -0.1) is 0 Å². The molecule has 3 atom stereocenters. The zero-order valence-electron chi connectivity index (χ0n) is 13.4. The predicted molar refractivity (Wildman–Crippen MR) is 86.1 cm³/mol. The number of carbonyl (C=O) groups is 1. The van der Waals surface area contributed by atoms with E-state index in [-0.39, 0.29) is 17.7 Å². The van der Waals surface area contributed by atoms with Gasteiger partial charge in [-0.1, -0.05) is 32.8 Å². The summed E-state index contributed by atoms with van der Waals surface area (Å²) in [5.74, 6) is 0.775. The van der Waals surface area contributed by atoms with Crippen molar-refractivity contribution in [2.45, 2.75) is 39.2 Å². The predicted octanol–water partition coefficient (Wildman–Crippen LogP) is 3.79. The summed E-state index contributed by atoms with van der Waals surface area (Å²) in [5, 5.41) is 3.06. The molecule has 0 bridgehead atoms. The summed E-state index contributed by atoms with van der Waals surface area (Å²) < 4.78 is 18.5. The first-order valence-corrected chi connectivity index (χ1v) is 7.83. The SMILES string of the molecule is COc1ccc(/C=C/C(=O)NC2CCCC(C)C2C)cc1F. The molecular weight excluding hydrogens is 281 g/mol. The molecule has 0 aliphatic heterocycles. The molecular formula is C18H24FNO2. The van der Waals surface area contributed by atoms with Crippen LogP contribution in [0, 0.1) is 17.7 Å². The zero-order valence-corrected chi connectivity index (χ0v) is 13.4. The number of amides is 1. The van der Waals surface area contributed by atoms with Gasteiger partial charge in [-0.2, -0.15) is 0 Å². The van der Waals surface area contributed by atoms with Gasteiger partial charge in [0.15, 0.2) is 11.6 Å². The van der Waals surface area contributed by atoms with Crippen LogP contribution in [-0.4, -0.2) is 19.1 Å². The summed E-state index contributed by atoms with van der Waals surface area (Å²) in [6.07, 6.45) is 6.50. The van der Waals surface area contributed by atoms with E-state index in [0.717, 1.165) is 12.8 Å². The maximum Gasteiger partial charge on any atom is 0.244 e. The van der Waals surface area contributed by atoms with Crippen molar-refractivity contribution in [1.82, 2.24) is 5.32 Å². The summed E-state index contributed by atoms with van der Waals surface area (Å²) in [6, 6.07) is 4.86. The molecule has 0 radical (unpaired) electrons. The van der Waals surface area contributed by atoms with E-state index in [4.69, 9.17) is 4.74 Å². The highest BCUT2D eigenvalue weighted by atomic mass is 19.1. The molecule has 4 heteroatoms. The maximum absolute atomic E-state index is 13.6. The fourth-order valence-corrected chi connectivity index (χ4v) is 2.97. The Balaban J connectivity index is 1.95. The zero-order chi connectivity index (χ0) is 16.1. The minimum absolute atomic E-state index is 0.123. The number of ether oxygens (including phenoxy) is 1. The molecule has 1 aromatic carbocycles. The molecule has 0 heterocycles. The van der Waals surface area contributed by atoms with Crippen molar-refractivity contribution in [2.75, 3.05) is 7.11 Å². The normalized spacial score (nSPS) is 25.2. The Labute approximate surface area is 131 Å². The second-order valence-electron chi connectivity index (χ2n) is 6.11. The molecule has 1 fully saturated rings. The van der Waals surface area contributed by atoms with Crippen LogP contribution >= 0.6 is 0 Å². The first kappa shape index (κ1) is 16.5. The summed E-state index contributed by atoms with van der Waals surface area (Å²) in [5.41, 5.74) is 0.638. The molecule has 3 nitrogen and oxygen atoms in total. The Kier molecular flexibility index (Phi) is 5.58. The summed E-state index contributed by atoms with van der Waals surface area (Å²) in [7, 11) is 1.42. The molecule has 1 amide bonds. The fraction of sp³-hybridized carbons (Fsp3) is 0.500. The van der Waals surface area contributed by atoms with Crippen LogP contribution in [0.2, 0.25) is 0 Å². The molecule has 0 saturated heterocycles. The Morgan fingerprint density at radius 3 is 2.82 bits per heavy atom. The smallest absolute Gasteiger partial charge is 0.244 e. The molecule has 1 aliphatic rings. The lowest BCUT2D eigenvalue weighted by Gasteiger charge is -2.34. The van der Waals surface area contributed by atoms with E-state index in [0.29, 0.717) is 17.4 Å². The van der Waals surface area contributed by atoms with Crippen molar-refractivity contribution in [3.05, 3.63) is 35.7 Å². The molecule has 0 spiro atoms. The second kappa shape index (κ2) is 7.43. The van der Waals surface area contributed by atoms with Crippen LogP contribution in [0.25, 0.3) is 6.08 Å². The first-order valence-electron chi connectivity index (χ1n) is 7.83. The standard InChI is InChI=1S/C18H24FNO2/c1-12-5-4-6-16(13(12)2)20-18(21)10-8-14-7-9-17(22-3)15(19)11-14/h7-13,16H,4-6H2,1-3H3,(H,20,21)/b10-8+. The number of hydrogen-bond donors (Lipinski definition) is 1. The topological polar surface area (TPSA) is 38.3 Å². The van der Waals surface area contributed by atoms with Crippen molar-refractivity contribution in [3.8, 4) is 5.75 Å². The van der Waals surface area contributed by atoms with E-state index in [1.807, 2.05) is 0 Å². The number of nitrogens with one attached hydrogen (secondary N) is 1. The van der Waals surface area contributed by atoms with Crippen LogP contribution < -0.4 is 10.1 Å². The quantitative estimate of drug-likeness (QED) is 0.860. The molecule has 1 saturated carbocycles. The van der Waals surface area contributed by atoms with E-state index >= 15 is 0 Å². The highest BCUT2D eigenvalue weighted by Gasteiger charge is 2.27. The second-order valence-corrected chi connectivity index (χ2v) is 6.11. The van der Waals surface area contributed by atoms with Gasteiger partial charge >= 0.3 is 0 Å².